The van der Waals surface area contributed by atoms with Crippen LogP contribution in [0.1, 0.15) is 32.9 Å². The Hall–Kier alpha value is -1.43. The molecule has 6 nitrogen and oxygen atoms in total. The molecule has 0 aliphatic rings. The summed E-state index contributed by atoms with van der Waals surface area (Å²) in [6.45, 7) is 6.80. The van der Waals surface area contributed by atoms with Crippen LogP contribution in [0.2, 0.25) is 0 Å². The van der Waals surface area contributed by atoms with Crippen molar-refractivity contribution in [2.24, 2.45) is 5.73 Å². The van der Waals surface area contributed by atoms with Crippen LogP contribution in [-0.2, 0) is 16.9 Å². The van der Waals surface area contributed by atoms with Gasteiger partial charge in [0.1, 0.15) is 5.69 Å². The predicted octanol–water partition coefficient (Wildman–Crippen LogP) is -0.00190. The Morgan fingerprint density at radius 2 is 2.31 bits per heavy atom. The summed E-state index contributed by atoms with van der Waals surface area (Å²) in [5, 5.41) is 10.6. The van der Waals surface area contributed by atoms with E-state index in [-0.39, 0.29) is 5.91 Å². The molecule has 6 heteroatoms. The monoisotopic (exact) mass is 225 g/mol. The zero-order valence-electron chi connectivity index (χ0n) is 10.0. The zero-order chi connectivity index (χ0) is 12.2. The highest BCUT2D eigenvalue weighted by atomic mass is 16.1. The molecule has 0 radical (unpaired) electrons. The van der Waals surface area contributed by atoms with E-state index in [1.54, 1.807) is 10.9 Å². The lowest BCUT2D eigenvalue weighted by molar-refractivity contribution is -0.121. The molecular weight excluding hydrogens is 206 g/mol. The molecule has 0 bridgehead atoms. The van der Waals surface area contributed by atoms with Crippen molar-refractivity contribution in [3.8, 4) is 0 Å². The lowest BCUT2D eigenvalue weighted by Crippen LogP contribution is -2.29. The smallest absolute Gasteiger partial charge is 0.221 e. The number of aryl methyl sites for hydroxylation is 1. The van der Waals surface area contributed by atoms with Gasteiger partial charge < -0.3 is 11.1 Å². The van der Waals surface area contributed by atoms with Crippen molar-refractivity contribution in [1.29, 1.82) is 0 Å². The Balaban J connectivity index is 2.50. The fourth-order valence-corrected chi connectivity index (χ4v) is 1.20. The fourth-order valence-electron chi connectivity index (χ4n) is 1.20. The second-order valence-electron chi connectivity index (χ2n) is 4.29. The predicted molar refractivity (Wildman–Crippen MR) is 60.5 cm³/mol. The van der Waals surface area contributed by atoms with Gasteiger partial charge >= 0.3 is 0 Å². The molecule has 0 unspecified atom stereocenters. The first-order chi connectivity index (χ1) is 7.43. The van der Waals surface area contributed by atoms with Crippen molar-refractivity contribution in [2.45, 2.75) is 39.3 Å². The summed E-state index contributed by atoms with van der Waals surface area (Å²) in [5.74, 6) is 0.0200. The van der Waals surface area contributed by atoms with E-state index in [1.807, 2.05) is 20.8 Å². The number of aromatic nitrogens is 3. The molecule has 0 spiro atoms. The number of rotatable bonds is 5. The number of nitrogens with zero attached hydrogens (tertiary/aromatic N) is 3. The molecule has 0 saturated heterocycles. The Bertz CT molecular complexity index is 352. The van der Waals surface area contributed by atoms with Crippen molar-refractivity contribution < 1.29 is 4.79 Å². The number of hydrogen-bond acceptors (Lipinski definition) is 4. The van der Waals surface area contributed by atoms with Gasteiger partial charge in [-0.25, -0.2) is 0 Å². The highest BCUT2D eigenvalue weighted by molar-refractivity contribution is 5.75. The standard InChI is InChI=1S/C10H19N5O/c1-4-12-9(16)5-6-15-7-8(13-14-15)10(2,3)11/h7H,4-6,11H2,1-3H3,(H,12,16). The first-order valence-electron chi connectivity index (χ1n) is 5.39. The number of nitrogens with two attached hydrogens (primary N) is 1. The molecule has 16 heavy (non-hydrogen) atoms. The molecule has 0 aliphatic carbocycles. The lowest BCUT2D eigenvalue weighted by Gasteiger charge is -2.13. The van der Waals surface area contributed by atoms with Gasteiger partial charge in [0.15, 0.2) is 0 Å². The van der Waals surface area contributed by atoms with Crippen molar-refractivity contribution in [2.75, 3.05) is 6.54 Å². The minimum absolute atomic E-state index is 0.0200. The summed E-state index contributed by atoms with van der Waals surface area (Å²) >= 11 is 0. The molecule has 90 valence electrons. The molecule has 1 rings (SSSR count). The molecule has 1 aromatic heterocycles. The van der Waals surface area contributed by atoms with Gasteiger partial charge in [-0.05, 0) is 20.8 Å². The van der Waals surface area contributed by atoms with E-state index in [2.05, 4.69) is 15.6 Å². The average molecular weight is 225 g/mol. The molecule has 0 aliphatic heterocycles. The van der Waals surface area contributed by atoms with Crippen LogP contribution in [0.15, 0.2) is 6.20 Å². The summed E-state index contributed by atoms with van der Waals surface area (Å²) in [6, 6.07) is 0. The topological polar surface area (TPSA) is 85.8 Å². The van der Waals surface area contributed by atoms with Gasteiger partial charge in [-0.15, -0.1) is 5.10 Å². The Morgan fingerprint density at radius 1 is 1.62 bits per heavy atom. The maximum absolute atomic E-state index is 11.2. The summed E-state index contributed by atoms with van der Waals surface area (Å²) in [6.07, 6.45) is 2.18. The molecule has 1 amide bonds. The van der Waals surface area contributed by atoms with E-state index >= 15 is 0 Å². The second kappa shape index (κ2) is 5.07. The first-order valence-corrected chi connectivity index (χ1v) is 5.39. The number of nitrogens with one attached hydrogen (secondary N) is 1. The molecule has 3 N–H and O–H groups in total. The molecule has 0 saturated carbocycles. The SMILES string of the molecule is CCNC(=O)CCn1cc(C(C)(C)N)nn1. The second-order valence-corrected chi connectivity index (χ2v) is 4.29. The Morgan fingerprint density at radius 3 is 2.81 bits per heavy atom. The molecule has 0 aromatic carbocycles. The van der Waals surface area contributed by atoms with E-state index in [4.69, 9.17) is 5.73 Å². The molecule has 0 atom stereocenters. The third-order valence-corrected chi connectivity index (χ3v) is 2.14. The number of carbonyl (C=O) groups is 1. The molecular formula is C10H19N5O. The van der Waals surface area contributed by atoms with E-state index in [9.17, 15) is 4.79 Å². The highest BCUT2D eigenvalue weighted by Crippen LogP contribution is 2.12. The molecule has 0 fully saturated rings. The van der Waals surface area contributed by atoms with Crippen LogP contribution in [-0.4, -0.2) is 27.4 Å². The number of hydrogen-bond donors (Lipinski definition) is 2. The average Bonchev–Trinajstić information content (AvgIpc) is 2.63. The van der Waals surface area contributed by atoms with Gasteiger partial charge in [0.05, 0.1) is 18.3 Å². The van der Waals surface area contributed by atoms with E-state index in [0.29, 0.717) is 19.5 Å². The highest BCUT2D eigenvalue weighted by Gasteiger charge is 2.18. The van der Waals surface area contributed by atoms with Gasteiger partial charge in [-0.3, -0.25) is 9.48 Å². The van der Waals surface area contributed by atoms with Crippen LogP contribution in [0.5, 0.6) is 0 Å². The Kier molecular flexibility index (Phi) is 4.00. The van der Waals surface area contributed by atoms with Crippen molar-refractivity contribution >= 4 is 5.91 Å². The van der Waals surface area contributed by atoms with E-state index in [0.717, 1.165) is 5.69 Å². The minimum atomic E-state index is -0.496. The van der Waals surface area contributed by atoms with Crippen molar-refractivity contribution in [3.05, 3.63) is 11.9 Å². The summed E-state index contributed by atoms with van der Waals surface area (Å²) in [4.78, 5) is 11.2. The first kappa shape index (κ1) is 12.6. The summed E-state index contributed by atoms with van der Waals surface area (Å²) in [7, 11) is 0. The lowest BCUT2D eigenvalue weighted by atomic mass is 10.0. The summed E-state index contributed by atoms with van der Waals surface area (Å²) in [5.41, 5.74) is 6.11. The van der Waals surface area contributed by atoms with Crippen LogP contribution in [0.3, 0.4) is 0 Å². The third-order valence-electron chi connectivity index (χ3n) is 2.14. The van der Waals surface area contributed by atoms with Gasteiger partial charge in [0, 0.05) is 13.0 Å². The van der Waals surface area contributed by atoms with Gasteiger partial charge in [0.25, 0.3) is 0 Å². The molecule has 1 aromatic rings. The number of carbonyl (C=O) groups excluding carboxylic acids is 1. The zero-order valence-corrected chi connectivity index (χ0v) is 10.0. The van der Waals surface area contributed by atoms with E-state index < -0.39 is 5.54 Å². The van der Waals surface area contributed by atoms with Crippen molar-refractivity contribution in [1.82, 2.24) is 20.3 Å². The normalized spacial score (nSPS) is 11.5. The number of amides is 1. The van der Waals surface area contributed by atoms with Crippen LogP contribution < -0.4 is 11.1 Å². The maximum Gasteiger partial charge on any atom is 0.221 e. The maximum atomic E-state index is 11.2. The quantitative estimate of drug-likeness (QED) is 0.738. The fraction of sp³-hybridized carbons (Fsp3) is 0.700. The van der Waals surface area contributed by atoms with Crippen LogP contribution in [0.25, 0.3) is 0 Å². The van der Waals surface area contributed by atoms with Crippen molar-refractivity contribution in [3.63, 3.8) is 0 Å². The van der Waals surface area contributed by atoms with E-state index in [1.165, 1.54) is 0 Å². The van der Waals surface area contributed by atoms with Gasteiger partial charge in [-0.1, -0.05) is 5.21 Å². The third kappa shape index (κ3) is 3.62. The summed E-state index contributed by atoms with van der Waals surface area (Å²) < 4.78 is 1.64. The van der Waals surface area contributed by atoms with Gasteiger partial charge in [-0.2, -0.15) is 0 Å². The van der Waals surface area contributed by atoms with Crippen LogP contribution >= 0.6 is 0 Å². The minimum Gasteiger partial charge on any atom is -0.356 e. The van der Waals surface area contributed by atoms with Crippen LogP contribution in [0, 0.1) is 0 Å². The Labute approximate surface area is 95.2 Å². The van der Waals surface area contributed by atoms with Gasteiger partial charge in [0.2, 0.25) is 5.91 Å². The molecule has 1 heterocycles. The largest absolute Gasteiger partial charge is 0.356 e. The van der Waals surface area contributed by atoms with Crippen LogP contribution in [0.4, 0.5) is 0 Å².